The summed E-state index contributed by atoms with van der Waals surface area (Å²) < 4.78 is 5.71. The molecule has 0 fully saturated rings. The molecule has 0 saturated carbocycles. The van der Waals surface area contributed by atoms with Crippen LogP contribution in [0.25, 0.3) is 0 Å². The summed E-state index contributed by atoms with van der Waals surface area (Å²) in [7, 11) is 0. The van der Waals surface area contributed by atoms with Crippen LogP contribution < -0.4 is 10.5 Å². The van der Waals surface area contributed by atoms with Crippen molar-refractivity contribution in [2.45, 2.75) is 39.8 Å². The fraction of sp³-hybridized carbons (Fsp3) is 0.500. The molecule has 1 aromatic rings. The molecule has 0 aliphatic carbocycles. The summed E-state index contributed by atoms with van der Waals surface area (Å²) in [5.74, 6) is 0.910. The van der Waals surface area contributed by atoms with Crippen LogP contribution in [0.1, 0.15) is 25.0 Å². The smallest absolute Gasteiger partial charge is 0.120 e. The summed E-state index contributed by atoms with van der Waals surface area (Å²) in [6.07, 6.45) is 0.0520. The van der Waals surface area contributed by atoms with Crippen LogP contribution in [0.2, 0.25) is 0 Å². The molecular formula is C12H19NO. The summed E-state index contributed by atoms with van der Waals surface area (Å²) in [5.41, 5.74) is 8.17. The minimum absolute atomic E-state index is 0.0517. The lowest BCUT2D eigenvalue weighted by Gasteiger charge is -2.18. The van der Waals surface area contributed by atoms with Crippen molar-refractivity contribution in [1.29, 1.82) is 0 Å². The third-order valence-electron chi connectivity index (χ3n) is 2.26. The second-order valence-corrected chi connectivity index (χ2v) is 4.01. The van der Waals surface area contributed by atoms with Crippen LogP contribution >= 0.6 is 0 Å². The van der Waals surface area contributed by atoms with Crippen molar-refractivity contribution >= 4 is 0 Å². The first-order chi connectivity index (χ1) is 6.49. The second-order valence-electron chi connectivity index (χ2n) is 4.01. The van der Waals surface area contributed by atoms with E-state index in [-0.39, 0.29) is 12.1 Å². The molecule has 14 heavy (non-hydrogen) atoms. The Morgan fingerprint density at radius 3 is 2.00 bits per heavy atom. The molecule has 78 valence electrons. The molecule has 0 aromatic heterocycles. The van der Waals surface area contributed by atoms with Gasteiger partial charge in [0.1, 0.15) is 11.9 Å². The van der Waals surface area contributed by atoms with Crippen molar-refractivity contribution in [2.24, 2.45) is 5.73 Å². The van der Waals surface area contributed by atoms with Gasteiger partial charge in [-0.05, 0) is 51.0 Å². The van der Waals surface area contributed by atoms with E-state index in [9.17, 15) is 0 Å². The molecule has 0 radical (unpaired) electrons. The van der Waals surface area contributed by atoms with Crippen LogP contribution in [0.15, 0.2) is 18.2 Å². The molecule has 0 aliphatic heterocycles. The maximum atomic E-state index is 5.73. The van der Waals surface area contributed by atoms with Gasteiger partial charge in [-0.2, -0.15) is 0 Å². The van der Waals surface area contributed by atoms with E-state index in [1.807, 2.05) is 26.0 Å². The minimum Gasteiger partial charge on any atom is -0.489 e. The number of hydrogen-bond acceptors (Lipinski definition) is 2. The van der Waals surface area contributed by atoms with Crippen molar-refractivity contribution < 1.29 is 4.74 Å². The molecule has 0 heterocycles. The average molecular weight is 193 g/mol. The van der Waals surface area contributed by atoms with E-state index in [0.717, 1.165) is 5.75 Å². The van der Waals surface area contributed by atoms with Gasteiger partial charge in [0.05, 0.1) is 0 Å². The van der Waals surface area contributed by atoms with Crippen LogP contribution in [0, 0.1) is 13.8 Å². The van der Waals surface area contributed by atoms with E-state index in [0.29, 0.717) is 0 Å². The molecule has 2 heteroatoms. The molecule has 0 saturated heterocycles. The maximum absolute atomic E-state index is 5.73. The van der Waals surface area contributed by atoms with E-state index in [4.69, 9.17) is 10.5 Å². The van der Waals surface area contributed by atoms with Crippen molar-refractivity contribution in [3.05, 3.63) is 29.3 Å². The molecule has 2 nitrogen and oxygen atoms in total. The number of benzene rings is 1. The predicted molar refractivity (Wildman–Crippen MR) is 59.7 cm³/mol. The molecule has 0 aliphatic rings. The van der Waals surface area contributed by atoms with Gasteiger partial charge < -0.3 is 10.5 Å². The zero-order valence-electron chi connectivity index (χ0n) is 9.37. The van der Waals surface area contributed by atoms with Crippen LogP contribution in [-0.2, 0) is 0 Å². The first kappa shape index (κ1) is 11.1. The molecule has 1 rings (SSSR count). The van der Waals surface area contributed by atoms with E-state index in [1.165, 1.54) is 11.1 Å². The Morgan fingerprint density at radius 2 is 1.57 bits per heavy atom. The lowest BCUT2D eigenvalue weighted by Crippen LogP contribution is -2.33. The standard InChI is InChI=1S/C12H19NO/c1-8-5-9(2)7-12(6-8)14-11(4)10(3)13/h5-7,10-11H,13H2,1-4H3/t10-,11?/m1/s1. The largest absolute Gasteiger partial charge is 0.489 e. The molecular weight excluding hydrogens is 174 g/mol. The van der Waals surface area contributed by atoms with E-state index in [1.54, 1.807) is 0 Å². The number of aryl methyl sites for hydroxylation is 2. The highest BCUT2D eigenvalue weighted by molar-refractivity contribution is 5.33. The lowest BCUT2D eigenvalue weighted by molar-refractivity contribution is 0.196. The van der Waals surface area contributed by atoms with Gasteiger partial charge in [-0.25, -0.2) is 0 Å². The fourth-order valence-corrected chi connectivity index (χ4v) is 1.32. The van der Waals surface area contributed by atoms with Crippen LogP contribution in [0.5, 0.6) is 5.75 Å². The van der Waals surface area contributed by atoms with Gasteiger partial charge >= 0.3 is 0 Å². The monoisotopic (exact) mass is 193 g/mol. The maximum Gasteiger partial charge on any atom is 0.120 e. The van der Waals surface area contributed by atoms with Crippen molar-refractivity contribution in [1.82, 2.24) is 0 Å². The summed E-state index contributed by atoms with van der Waals surface area (Å²) in [5, 5.41) is 0. The quantitative estimate of drug-likeness (QED) is 0.800. The number of hydrogen-bond donors (Lipinski definition) is 1. The van der Waals surface area contributed by atoms with Crippen LogP contribution in [0.4, 0.5) is 0 Å². The molecule has 2 N–H and O–H groups in total. The Bertz CT molecular complexity index is 287. The third kappa shape index (κ3) is 3.04. The van der Waals surface area contributed by atoms with E-state index in [2.05, 4.69) is 19.9 Å². The lowest BCUT2D eigenvalue weighted by atomic mass is 10.1. The Hall–Kier alpha value is -1.02. The van der Waals surface area contributed by atoms with Gasteiger partial charge in [0.25, 0.3) is 0 Å². The van der Waals surface area contributed by atoms with Gasteiger partial charge in [0.15, 0.2) is 0 Å². The fourth-order valence-electron chi connectivity index (χ4n) is 1.32. The summed E-state index contributed by atoms with van der Waals surface area (Å²) in [4.78, 5) is 0. The van der Waals surface area contributed by atoms with E-state index >= 15 is 0 Å². The molecule has 0 amide bonds. The third-order valence-corrected chi connectivity index (χ3v) is 2.26. The summed E-state index contributed by atoms with van der Waals surface area (Å²) in [6.45, 7) is 8.07. The summed E-state index contributed by atoms with van der Waals surface area (Å²) in [6, 6.07) is 6.25. The molecule has 2 atom stereocenters. The zero-order valence-corrected chi connectivity index (χ0v) is 9.37. The molecule has 0 spiro atoms. The van der Waals surface area contributed by atoms with Gasteiger partial charge in [-0.3, -0.25) is 0 Å². The minimum atomic E-state index is 0.0517. The van der Waals surface area contributed by atoms with Crippen molar-refractivity contribution in [2.75, 3.05) is 0 Å². The second kappa shape index (κ2) is 4.47. The number of ether oxygens (including phenoxy) is 1. The highest BCUT2D eigenvalue weighted by atomic mass is 16.5. The Labute approximate surface area is 86.1 Å². The number of rotatable bonds is 3. The van der Waals surface area contributed by atoms with Crippen LogP contribution in [-0.4, -0.2) is 12.1 Å². The molecule has 1 aromatic carbocycles. The topological polar surface area (TPSA) is 35.2 Å². The highest BCUT2D eigenvalue weighted by Gasteiger charge is 2.09. The Morgan fingerprint density at radius 1 is 1.07 bits per heavy atom. The predicted octanol–water partition coefficient (Wildman–Crippen LogP) is 2.42. The Kier molecular flexibility index (Phi) is 3.53. The van der Waals surface area contributed by atoms with Gasteiger partial charge in [-0.1, -0.05) is 6.07 Å². The molecule has 0 bridgehead atoms. The Balaban J connectivity index is 2.76. The first-order valence-electron chi connectivity index (χ1n) is 4.99. The van der Waals surface area contributed by atoms with Gasteiger partial charge in [-0.15, -0.1) is 0 Å². The van der Waals surface area contributed by atoms with Crippen LogP contribution in [0.3, 0.4) is 0 Å². The first-order valence-corrected chi connectivity index (χ1v) is 4.99. The van der Waals surface area contributed by atoms with Crippen molar-refractivity contribution in [3.63, 3.8) is 0 Å². The normalized spacial score (nSPS) is 14.9. The SMILES string of the molecule is Cc1cc(C)cc(OC(C)[C@@H](C)N)c1. The zero-order chi connectivity index (χ0) is 10.7. The highest BCUT2D eigenvalue weighted by Crippen LogP contribution is 2.17. The molecule has 1 unspecified atom stereocenters. The average Bonchev–Trinajstić information content (AvgIpc) is 2.01. The van der Waals surface area contributed by atoms with Gasteiger partial charge in [0.2, 0.25) is 0 Å². The van der Waals surface area contributed by atoms with Gasteiger partial charge in [0, 0.05) is 6.04 Å². The van der Waals surface area contributed by atoms with E-state index < -0.39 is 0 Å². The van der Waals surface area contributed by atoms with Crippen molar-refractivity contribution in [3.8, 4) is 5.75 Å². The summed E-state index contributed by atoms with van der Waals surface area (Å²) >= 11 is 0. The number of nitrogens with two attached hydrogens (primary N) is 1.